The van der Waals surface area contributed by atoms with Crippen molar-refractivity contribution in [2.45, 2.75) is 58.0 Å². The summed E-state index contributed by atoms with van der Waals surface area (Å²) in [6.07, 6.45) is 6.63. The molecular formula is C15H27NO2. The number of ether oxygens (including phenoxy) is 1. The minimum absolute atomic E-state index is 0.0338. The Hall–Kier alpha value is -0.410. The Bertz CT molecular complexity index is 295. The summed E-state index contributed by atoms with van der Waals surface area (Å²) in [6.45, 7) is 5.44. The van der Waals surface area contributed by atoms with E-state index in [1.54, 1.807) is 0 Å². The highest BCUT2D eigenvalue weighted by Crippen LogP contribution is 2.43. The van der Waals surface area contributed by atoms with Crippen LogP contribution in [0.3, 0.4) is 0 Å². The smallest absolute Gasteiger partial charge is 0.140 e. The number of ketones is 1. The molecule has 1 saturated heterocycles. The molecule has 0 bridgehead atoms. The van der Waals surface area contributed by atoms with Gasteiger partial charge >= 0.3 is 0 Å². The van der Waals surface area contributed by atoms with Gasteiger partial charge in [-0.3, -0.25) is 4.79 Å². The van der Waals surface area contributed by atoms with Crippen molar-refractivity contribution < 1.29 is 9.53 Å². The van der Waals surface area contributed by atoms with Crippen molar-refractivity contribution in [1.29, 1.82) is 0 Å². The highest BCUT2D eigenvalue weighted by Gasteiger charge is 2.43. The van der Waals surface area contributed by atoms with Crippen molar-refractivity contribution in [3.05, 3.63) is 0 Å². The van der Waals surface area contributed by atoms with Gasteiger partial charge in [0.2, 0.25) is 0 Å². The lowest BCUT2D eigenvalue weighted by atomic mass is 9.76. The highest BCUT2D eigenvalue weighted by molar-refractivity contribution is 5.84. The quantitative estimate of drug-likeness (QED) is 0.837. The number of Topliss-reactive ketones (excluding diaryl/α,β-unsaturated/α-hetero) is 1. The van der Waals surface area contributed by atoms with Crippen LogP contribution in [-0.2, 0) is 9.53 Å². The second-order valence-corrected chi connectivity index (χ2v) is 6.42. The van der Waals surface area contributed by atoms with E-state index >= 15 is 0 Å². The van der Waals surface area contributed by atoms with Gasteiger partial charge in [0.1, 0.15) is 5.78 Å². The van der Waals surface area contributed by atoms with Crippen LogP contribution < -0.4 is 5.73 Å². The van der Waals surface area contributed by atoms with Gasteiger partial charge in [-0.25, -0.2) is 0 Å². The van der Waals surface area contributed by atoms with Gasteiger partial charge in [0.15, 0.2) is 0 Å². The molecule has 1 aliphatic heterocycles. The fourth-order valence-corrected chi connectivity index (χ4v) is 3.66. The molecule has 3 heteroatoms. The molecule has 1 aliphatic carbocycles. The summed E-state index contributed by atoms with van der Waals surface area (Å²) in [5.41, 5.74) is 5.81. The molecule has 2 aliphatic rings. The molecular weight excluding hydrogens is 226 g/mol. The van der Waals surface area contributed by atoms with Gasteiger partial charge < -0.3 is 10.5 Å². The van der Waals surface area contributed by atoms with E-state index in [0.29, 0.717) is 18.2 Å². The van der Waals surface area contributed by atoms with Crippen molar-refractivity contribution >= 4 is 5.78 Å². The van der Waals surface area contributed by atoms with Gasteiger partial charge in [0, 0.05) is 25.0 Å². The minimum atomic E-state index is 0.0338. The van der Waals surface area contributed by atoms with Crippen molar-refractivity contribution in [2.75, 3.05) is 13.2 Å². The van der Waals surface area contributed by atoms with Gasteiger partial charge in [-0.2, -0.15) is 0 Å². The SMILES string of the molecule is CC(C)C(CN)C(=O)C1CCOC2(CCCC2)C1. The maximum Gasteiger partial charge on any atom is 0.140 e. The van der Waals surface area contributed by atoms with Crippen molar-refractivity contribution in [3.8, 4) is 0 Å². The third-order valence-electron chi connectivity index (χ3n) is 4.83. The summed E-state index contributed by atoms with van der Waals surface area (Å²) in [5.74, 6) is 0.964. The fourth-order valence-electron chi connectivity index (χ4n) is 3.66. The van der Waals surface area contributed by atoms with Crippen molar-refractivity contribution in [3.63, 3.8) is 0 Å². The van der Waals surface area contributed by atoms with Gasteiger partial charge in [0.25, 0.3) is 0 Å². The second kappa shape index (κ2) is 5.70. The zero-order valence-electron chi connectivity index (χ0n) is 11.8. The lowest BCUT2D eigenvalue weighted by Crippen LogP contribution is -2.43. The van der Waals surface area contributed by atoms with Crippen LogP contribution in [0.4, 0.5) is 0 Å². The number of nitrogens with two attached hydrogens (primary N) is 1. The van der Waals surface area contributed by atoms with Crippen LogP contribution in [0, 0.1) is 17.8 Å². The predicted molar refractivity (Wildman–Crippen MR) is 72.3 cm³/mol. The maximum atomic E-state index is 12.6. The molecule has 2 atom stereocenters. The Morgan fingerprint density at radius 3 is 2.61 bits per heavy atom. The molecule has 3 nitrogen and oxygen atoms in total. The Labute approximate surface area is 110 Å². The van der Waals surface area contributed by atoms with Crippen molar-refractivity contribution in [2.24, 2.45) is 23.5 Å². The molecule has 0 aromatic rings. The van der Waals surface area contributed by atoms with E-state index in [4.69, 9.17) is 10.5 Å². The third kappa shape index (κ3) is 2.77. The zero-order valence-corrected chi connectivity index (χ0v) is 11.8. The molecule has 104 valence electrons. The van der Waals surface area contributed by atoms with Crippen LogP contribution in [-0.4, -0.2) is 24.5 Å². The Kier molecular flexibility index (Phi) is 4.44. The molecule has 2 N–H and O–H groups in total. The topological polar surface area (TPSA) is 52.3 Å². The Balaban J connectivity index is 2.02. The van der Waals surface area contributed by atoms with Crippen molar-refractivity contribution in [1.82, 2.24) is 0 Å². The normalized spacial score (nSPS) is 28.8. The average Bonchev–Trinajstić information content (AvgIpc) is 2.77. The van der Waals surface area contributed by atoms with E-state index in [2.05, 4.69) is 13.8 Å². The molecule has 1 heterocycles. The fraction of sp³-hybridized carbons (Fsp3) is 0.933. The largest absolute Gasteiger partial charge is 0.375 e. The average molecular weight is 253 g/mol. The van der Waals surface area contributed by atoms with Crippen LogP contribution in [0.2, 0.25) is 0 Å². The monoisotopic (exact) mass is 253 g/mol. The summed E-state index contributed by atoms with van der Waals surface area (Å²) in [4.78, 5) is 12.6. The summed E-state index contributed by atoms with van der Waals surface area (Å²) in [6, 6.07) is 0. The molecule has 1 spiro atoms. The summed E-state index contributed by atoms with van der Waals surface area (Å²) in [7, 11) is 0. The molecule has 1 saturated carbocycles. The van der Waals surface area contributed by atoms with E-state index in [0.717, 1.165) is 32.3 Å². The van der Waals surface area contributed by atoms with Crippen LogP contribution in [0.15, 0.2) is 0 Å². The van der Waals surface area contributed by atoms with E-state index in [-0.39, 0.29) is 17.4 Å². The Morgan fingerprint density at radius 1 is 1.39 bits per heavy atom. The van der Waals surface area contributed by atoms with E-state index in [9.17, 15) is 4.79 Å². The molecule has 2 rings (SSSR count). The molecule has 2 fully saturated rings. The van der Waals surface area contributed by atoms with Crippen LogP contribution in [0.25, 0.3) is 0 Å². The molecule has 0 aromatic heterocycles. The van der Waals surface area contributed by atoms with Crippen LogP contribution in [0.1, 0.15) is 52.4 Å². The first-order valence-corrected chi connectivity index (χ1v) is 7.46. The second-order valence-electron chi connectivity index (χ2n) is 6.42. The number of hydrogen-bond donors (Lipinski definition) is 1. The third-order valence-corrected chi connectivity index (χ3v) is 4.83. The van der Waals surface area contributed by atoms with E-state index in [1.165, 1.54) is 12.8 Å². The minimum Gasteiger partial charge on any atom is -0.375 e. The lowest BCUT2D eigenvalue weighted by molar-refractivity contribution is -0.140. The predicted octanol–water partition coefficient (Wildman–Crippen LogP) is 2.53. The Morgan fingerprint density at radius 2 is 2.06 bits per heavy atom. The molecule has 0 amide bonds. The van der Waals surface area contributed by atoms with E-state index in [1.807, 2.05) is 0 Å². The lowest BCUT2D eigenvalue weighted by Gasteiger charge is -2.39. The molecule has 0 aromatic carbocycles. The molecule has 2 unspecified atom stereocenters. The van der Waals surface area contributed by atoms with Gasteiger partial charge in [0.05, 0.1) is 5.60 Å². The van der Waals surface area contributed by atoms with E-state index < -0.39 is 0 Å². The first-order valence-electron chi connectivity index (χ1n) is 7.46. The molecule has 18 heavy (non-hydrogen) atoms. The number of carbonyl (C=O) groups is 1. The van der Waals surface area contributed by atoms with Gasteiger partial charge in [-0.15, -0.1) is 0 Å². The number of carbonyl (C=O) groups excluding carboxylic acids is 1. The number of hydrogen-bond acceptors (Lipinski definition) is 3. The summed E-state index contributed by atoms with van der Waals surface area (Å²) in [5, 5.41) is 0. The standard InChI is InChI=1S/C15H27NO2/c1-11(2)13(10-16)14(17)12-5-8-18-15(9-12)6-3-4-7-15/h11-13H,3-10,16H2,1-2H3. The van der Waals surface area contributed by atoms with Gasteiger partial charge in [-0.05, 0) is 31.6 Å². The number of rotatable bonds is 4. The molecule has 0 radical (unpaired) electrons. The van der Waals surface area contributed by atoms with Crippen LogP contribution >= 0.6 is 0 Å². The maximum absolute atomic E-state index is 12.6. The highest BCUT2D eigenvalue weighted by atomic mass is 16.5. The zero-order chi connectivity index (χ0) is 13.2. The van der Waals surface area contributed by atoms with Crippen LogP contribution in [0.5, 0.6) is 0 Å². The first-order chi connectivity index (χ1) is 8.58. The summed E-state index contributed by atoms with van der Waals surface area (Å²) < 4.78 is 6.00. The summed E-state index contributed by atoms with van der Waals surface area (Å²) >= 11 is 0. The van der Waals surface area contributed by atoms with Gasteiger partial charge in [-0.1, -0.05) is 26.7 Å². The first kappa shape index (κ1) is 14.0.